The van der Waals surface area contributed by atoms with Crippen LogP contribution in [0.1, 0.15) is 0 Å². The van der Waals surface area contributed by atoms with Crippen LogP contribution in [0, 0.1) is 5.82 Å². The lowest BCUT2D eigenvalue weighted by Gasteiger charge is -2.13. The molecule has 0 amide bonds. The van der Waals surface area contributed by atoms with Crippen LogP contribution in [0.5, 0.6) is 5.75 Å². The summed E-state index contributed by atoms with van der Waals surface area (Å²) in [5.41, 5.74) is 2.97. The number of hydrogen-bond donors (Lipinski definition) is 1. The maximum absolute atomic E-state index is 13.7. The molecular weight excluding hydrogens is 345 g/mol. The highest BCUT2D eigenvalue weighted by molar-refractivity contribution is 5.97. The van der Waals surface area contributed by atoms with Gasteiger partial charge in [-0.15, -0.1) is 0 Å². The predicted molar refractivity (Wildman–Crippen MR) is 102 cm³/mol. The molecule has 0 aliphatic rings. The molecule has 0 unspecified atom stereocenters. The third kappa shape index (κ3) is 3.15. The van der Waals surface area contributed by atoms with Crippen molar-refractivity contribution in [1.29, 1.82) is 0 Å². The largest absolute Gasteiger partial charge is 0.494 e. The van der Waals surface area contributed by atoms with Gasteiger partial charge in [-0.3, -0.25) is 0 Å². The summed E-state index contributed by atoms with van der Waals surface area (Å²) in [7, 11) is 3.37. The minimum Gasteiger partial charge on any atom is -0.494 e. The molecule has 0 spiro atoms. The van der Waals surface area contributed by atoms with Gasteiger partial charge < -0.3 is 10.1 Å². The van der Waals surface area contributed by atoms with Gasteiger partial charge in [0, 0.05) is 18.0 Å². The van der Waals surface area contributed by atoms with Crippen molar-refractivity contribution in [2.45, 2.75) is 0 Å². The van der Waals surface area contributed by atoms with Crippen LogP contribution in [0.25, 0.3) is 33.4 Å². The van der Waals surface area contributed by atoms with Crippen LogP contribution in [0.3, 0.4) is 0 Å². The number of rotatable bonds is 4. The molecule has 0 aliphatic heterocycles. The van der Waals surface area contributed by atoms with Gasteiger partial charge in [-0.05, 0) is 41.5 Å². The molecule has 134 valence electrons. The smallest absolute Gasteiger partial charge is 0.163 e. The van der Waals surface area contributed by atoms with Crippen LogP contribution in [0.4, 0.5) is 10.2 Å². The van der Waals surface area contributed by atoms with Gasteiger partial charge in [0.25, 0.3) is 0 Å². The number of benzene rings is 2. The fraction of sp³-hybridized carbons (Fsp3) is 0.100. The first kappa shape index (κ1) is 16.8. The van der Waals surface area contributed by atoms with Crippen molar-refractivity contribution in [2.24, 2.45) is 0 Å². The molecule has 0 fully saturated rings. The van der Waals surface area contributed by atoms with Crippen LogP contribution in [-0.4, -0.2) is 34.3 Å². The third-order valence-corrected chi connectivity index (χ3v) is 4.22. The molecule has 2 aromatic heterocycles. The lowest BCUT2D eigenvalue weighted by atomic mass is 10.0. The molecule has 0 saturated heterocycles. The SMILES string of the molecule is CNc1nc(-c2ccnnc2)nc2c(OC)cc(-c3cccc(F)c3)cc12. The first-order valence-electron chi connectivity index (χ1n) is 8.30. The number of halogens is 1. The molecule has 0 bridgehead atoms. The Morgan fingerprint density at radius 2 is 1.85 bits per heavy atom. The Balaban J connectivity index is 1.98. The number of nitrogens with zero attached hydrogens (tertiary/aromatic N) is 4. The van der Waals surface area contributed by atoms with Gasteiger partial charge in [0.05, 0.1) is 19.5 Å². The Labute approximate surface area is 155 Å². The van der Waals surface area contributed by atoms with Crippen LogP contribution in [-0.2, 0) is 0 Å². The van der Waals surface area contributed by atoms with Crippen molar-refractivity contribution in [2.75, 3.05) is 19.5 Å². The highest BCUT2D eigenvalue weighted by atomic mass is 19.1. The van der Waals surface area contributed by atoms with E-state index in [2.05, 4.69) is 25.5 Å². The van der Waals surface area contributed by atoms with E-state index in [1.54, 1.807) is 38.7 Å². The van der Waals surface area contributed by atoms with Gasteiger partial charge in [0.1, 0.15) is 22.9 Å². The van der Waals surface area contributed by atoms with Crippen molar-refractivity contribution in [3.8, 4) is 28.3 Å². The zero-order valence-corrected chi connectivity index (χ0v) is 14.8. The first-order chi connectivity index (χ1) is 13.2. The molecule has 0 aliphatic carbocycles. The number of fused-ring (bicyclic) bond motifs is 1. The van der Waals surface area contributed by atoms with E-state index in [0.717, 1.165) is 22.1 Å². The van der Waals surface area contributed by atoms with E-state index in [-0.39, 0.29) is 5.82 Å². The summed E-state index contributed by atoms with van der Waals surface area (Å²) in [6.07, 6.45) is 3.19. The van der Waals surface area contributed by atoms with Crippen molar-refractivity contribution < 1.29 is 9.13 Å². The van der Waals surface area contributed by atoms with Gasteiger partial charge in [-0.1, -0.05) is 12.1 Å². The van der Waals surface area contributed by atoms with Gasteiger partial charge in [-0.25, -0.2) is 14.4 Å². The molecule has 27 heavy (non-hydrogen) atoms. The van der Waals surface area contributed by atoms with Crippen LogP contribution in [0.2, 0.25) is 0 Å². The van der Waals surface area contributed by atoms with Crippen molar-refractivity contribution >= 4 is 16.7 Å². The lowest BCUT2D eigenvalue weighted by Crippen LogP contribution is -2.01. The maximum atomic E-state index is 13.7. The summed E-state index contributed by atoms with van der Waals surface area (Å²) in [4.78, 5) is 9.26. The second kappa shape index (κ2) is 6.95. The highest BCUT2D eigenvalue weighted by Gasteiger charge is 2.15. The molecular formula is C20H16FN5O. The summed E-state index contributed by atoms with van der Waals surface area (Å²) in [5, 5.41) is 11.6. The average Bonchev–Trinajstić information content (AvgIpc) is 2.72. The molecule has 0 saturated carbocycles. The number of hydrogen-bond acceptors (Lipinski definition) is 6. The summed E-state index contributed by atoms with van der Waals surface area (Å²) < 4.78 is 19.2. The summed E-state index contributed by atoms with van der Waals surface area (Å²) in [6.45, 7) is 0. The molecule has 4 aromatic rings. The van der Waals surface area contributed by atoms with Crippen LogP contribution >= 0.6 is 0 Å². The molecule has 6 nitrogen and oxygen atoms in total. The van der Waals surface area contributed by atoms with E-state index < -0.39 is 0 Å². The fourth-order valence-corrected chi connectivity index (χ4v) is 2.93. The second-order valence-electron chi connectivity index (χ2n) is 5.86. The van der Waals surface area contributed by atoms with Gasteiger partial charge >= 0.3 is 0 Å². The highest BCUT2D eigenvalue weighted by Crippen LogP contribution is 2.35. The topological polar surface area (TPSA) is 72.8 Å². The molecule has 4 rings (SSSR count). The van der Waals surface area contributed by atoms with Crippen molar-refractivity contribution in [3.63, 3.8) is 0 Å². The molecule has 2 aromatic carbocycles. The molecule has 7 heteroatoms. The Bertz CT molecular complexity index is 1120. The fourth-order valence-electron chi connectivity index (χ4n) is 2.93. The van der Waals surface area contributed by atoms with Crippen molar-refractivity contribution in [3.05, 3.63) is 60.7 Å². The summed E-state index contributed by atoms with van der Waals surface area (Å²) in [6, 6.07) is 12.0. The zero-order valence-electron chi connectivity index (χ0n) is 14.8. The minimum atomic E-state index is -0.294. The second-order valence-corrected chi connectivity index (χ2v) is 5.86. The Hall–Kier alpha value is -3.61. The Morgan fingerprint density at radius 3 is 2.56 bits per heavy atom. The van der Waals surface area contributed by atoms with Gasteiger partial charge in [0.15, 0.2) is 5.82 Å². The maximum Gasteiger partial charge on any atom is 0.163 e. The Morgan fingerprint density at radius 1 is 0.963 bits per heavy atom. The van der Waals surface area contributed by atoms with Crippen LogP contribution < -0.4 is 10.1 Å². The van der Waals surface area contributed by atoms with E-state index in [0.29, 0.717) is 22.9 Å². The average molecular weight is 361 g/mol. The number of nitrogens with one attached hydrogen (secondary N) is 1. The van der Waals surface area contributed by atoms with Crippen LogP contribution in [0.15, 0.2) is 54.9 Å². The van der Waals surface area contributed by atoms with Gasteiger partial charge in [-0.2, -0.15) is 10.2 Å². The zero-order chi connectivity index (χ0) is 18.8. The Kier molecular flexibility index (Phi) is 4.33. The molecule has 1 N–H and O–H groups in total. The molecule has 2 heterocycles. The molecule has 0 radical (unpaired) electrons. The number of anilines is 1. The predicted octanol–water partition coefficient (Wildman–Crippen LogP) is 3.94. The number of aromatic nitrogens is 4. The third-order valence-electron chi connectivity index (χ3n) is 4.22. The summed E-state index contributed by atoms with van der Waals surface area (Å²) >= 11 is 0. The monoisotopic (exact) mass is 361 g/mol. The van der Waals surface area contributed by atoms with E-state index >= 15 is 0 Å². The quantitative estimate of drug-likeness (QED) is 0.593. The van der Waals surface area contributed by atoms with Crippen molar-refractivity contribution in [1.82, 2.24) is 20.2 Å². The van der Waals surface area contributed by atoms with E-state index in [1.165, 1.54) is 12.1 Å². The lowest BCUT2D eigenvalue weighted by molar-refractivity contribution is 0.419. The first-order valence-corrected chi connectivity index (χ1v) is 8.30. The normalized spacial score (nSPS) is 10.8. The molecule has 0 atom stereocenters. The summed E-state index contributed by atoms with van der Waals surface area (Å²) in [5.74, 6) is 1.44. The van der Waals surface area contributed by atoms with E-state index in [9.17, 15) is 4.39 Å². The van der Waals surface area contributed by atoms with Gasteiger partial charge in [0.2, 0.25) is 0 Å². The van der Waals surface area contributed by atoms with E-state index in [1.807, 2.05) is 18.2 Å². The number of ether oxygens (including phenoxy) is 1. The standard InChI is InChI=1S/C20H16FN5O/c1-22-20-16-9-14(12-4-3-5-15(21)8-12)10-17(27-2)18(16)25-19(26-20)13-6-7-23-24-11-13/h3-11H,1-2H3,(H,22,25,26). The van der Waals surface area contributed by atoms with E-state index in [4.69, 9.17) is 4.74 Å². The minimum absolute atomic E-state index is 0.294. The number of methoxy groups -OCH3 is 1.